The molecule has 0 saturated heterocycles. The Balaban J connectivity index is 1.28. The third kappa shape index (κ3) is 4.97. The van der Waals surface area contributed by atoms with Crippen LogP contribution in [0.5, 0.6) is 0 Å². The Kier molecular flexibility index (Phi) is 6.41. The lowest BCUT2D eigenvalue weighted by Gasteiger charge is -2.35. The standard InChI is InChI=1S/C27H25F3N6O4S/c1-35(2)25-34-19-5-3-4-16(22(19)41-25)20-10-17-18(12-32-23(31)21(17)39-20)14-11-33-36(13-14)15-6-8-26(38,9-7-15)40-24(37)27(28,29)30/h3-5,10-13,15,38H,6-9H2,1-2H3,(H2,31,32). The van der Waals surface area contributed by atoms with Gasteiger partial charge in [0.25, 0.3) is 0 Å². The van der Waals surface area contributed by atoms with Gasteiger partial charge in [-0.15, -0.1) is 0 Å². The van der Waals surface area contributed by atoms with Crippen LogP contribution in [-0.4, -0.2) is 56.9 Å². The fourth-order valence-corrected chi connectivity index (χ4v) is 6.06. The number of rotatable bonds is 5. The number of pyridine rings is 1. The first-order valence-electron chi connectivity index (χ1n) is 12.7. The molecule has 1 fully saturated rings. The van der Waals surface area contributed by atoms with Crippen molar-refractivity contribution in [2.75, 3.05) is 24.7 Å². The molecular weight excluding hydrogens is 561 g/mol. The fraction of sp³-hybridized carbons (Fsp3) is 0.333. The van der Waals surface area contributed by atoms with Crippen LogP contribution in [0.1, 0.15) is 31.7 Å². The minimum absolute atomic E-state index is 0.147. The van der Waals surface area contributed by atoms with Crippen molar-refractivity contribution in [3.8, 4) is 22.5 Å². The highest BCUT2D eigenvalue weighted by Gasteiger charge is 2.47. The van der Waals surface area contributed by atoms with E-state index in [9.17, 15) is 23.1 Å². The lowest BCUT2D eigenvalue weighted by Crippen LogP contribution is -2.42. The molecule has 0 radical (unpaired) electrons. The molecule has 1 aliphatic rings. The number of anilines is 2. The predicted octanol–water partition coefficient (Wildman–Crippen LogP) is 5.53. The van der Waals surface area contributed by atoms with E-state index in [0.717, 1.165) is 37.4 Å². The van der Waals surface area contributed by atoms with Gasteiger partial charge in [-0.25, -0.2) is 14.8 Å². The van der Waals surface area contributed by atoms with Gasteiger partial charge in [0.15, 0.2) is 16.5 Å². The van der Waals surface area contributed by atoms with Crippen LogP contribution in [-0.2, 0) is 9.53 Å². The first-order valence-corrected chi connectivity index (χ1v) is 13.6. The van der Waals surface area contributed by atoms with Crippen molar-refractivity contribution in [3.63, 3.8) is 0 Å². The van der Waals surface area contributed by atoms with Crippen molar-refractivity contribution in [3.05, 3.63) is 42.9 Å². The van der Waals surface area contributed by atoms with Crippen LogP contribution in [0.25, 0.3) is 43.6 Å². The van der Waals surface area contributed by atoms with Crippen LogP contribution in [0.3, 0.4) is 0 Å². The maximum absolute atomic E-state index is 12.6. The number of carbonyl (C=O) groups excluding carboxylic acids is 1. The van der Waals surface area contributed by atoms with E-state index >= 15 is 0 Å². The molecule has 214 valence electrons. The molecule has 10 nitrogen and oxygen atoms in total. The molecule has 4 heterocycles. The van der Waals surface area contributed by atoms with Gasteiger partial charge in [0, 0.05) is 61.4 Å². The molecule has 0 amide bonds. The Morgan fingerprint density at radius 3 is 2.71 bits per heavy atom. The summed E-state index contributed by atoms with van der Waals surface area (Å²) in [6.45, 7) is 0. The maximum Gasteiger partial charge on any atom is 0.491 e. The van der Waals surface area contributed by atoms with E-state index < -0.39 is 17.9 Å². The largest absolute Gasteiger partial charge is 0.491 e. The first kappa shape index (κ1) is 27.0. The van der Waals surface area contributed by atoms with Gasteiger partial charge in [-0.3, -0.25) is 4.68 Å². The zero-order valence-electron chi connectivity index (χ0n) is 22.0. The summed E-state index contributed by atoms with van der Waals surface area (Å²) in [4.78, 5) is 22.2. The summed E-state index contributed by atoms with van der Waals surface area (Å²) in [5.41, 5.74) is 9.85. The highest BCUT2D eigenvalue weighted by molar-refractivity contribution is 7.22. The highest BCUT2D eigenvalue weighted by atomic mass is 32.1. The SMILES string of the molecule is CN(C)c1nc2cccc(-c3cc4c(-c5cnn(C6CCC(O)(OC(=O)C(F)(F)F)CC6)c5)cnc(N)c4o3)c2s1. The van der Waals surface area contributed by atoms with E-state index in [1.165, 1.54) is 0 Å². The molecule has 0 aliphatic heterocycles. The molecule has 41 heavy (non-hydrogen) atoms. The van der Waals surface area contributed by atoms with E-state index in [2.05, 4.69) is 19.8 Å². The second-order valence-electron chi connectivity index (χ2n) is 10.2. The van der Waals surface area contributed by atoms with Crippen molar-refractivity contribution < 1.29 is 32.2 Å². The average Bonchev–Trinajstić information content (AvgIpc) is 3.67. The molecule has 1 aromatic carbocycles. The van der Waals surface area contributed by atoms with Crippen molar-refractivity contribution in [1.29, 1.82) is 0 Å². The number of thiazole rings is 1. The van der Waals surface area contributed by atoms with Crippen LogP contribution >= 0.6 is 11.3 Å². The molecule has 1 saturated carbocycles. The number of alkyl halides is 3. The number of nitrogens with zero attached hydrogens (tertiary/aromatic N) is 5. The Labute approximate surface area is 235 Å². The third-order valence-corrected chi connectivity index (χ3v) is 8.45. The van der Waals surface area contributed by atoms with E-state index in [0.29, 0.717) is 11.3 Å². The normalized spacial score (nSPS) is 19.6. The van der Waals surface area contributed by atoms with Gasteiger partial charge in [-0.05, 0) is 31.0 Å². The molecule has 5 aromatic rings. The number of aromatic nitrogens is 4. The van der Waals surface area contributed by atoms with Crippen molar-refractivity contribution in [2.45, 2.75) is 43.7 Å². The predicted molar refractivity (Wildman–Crippen MR) is 147 cm³/mol. The number of nitrogens with two attached hydrogens (primary N) is 1. The smallest absolute Gasteiger partial charge is 0.452 e. The van der Waals surface area contributed by atoms with Crippen molar-refractivity contribution >= 4 is 49.4 Å². The Morgan fingerprint density at radius 1 is 1.24 bits per heavy atom. The number of aliphatic hydroxyl groups is 1. The summed E-state index contributed by atoms with van der Waals surface area (Å²) in [6, 6.07) is 7.55. The number of hydrogen-bond donors (Lipinski definition) is 2. The number of esters is 1. The summed E-state index contributed by atoms with van der Waals surface area (Å²) in [5, 5.41) is 16.5. The van der Waals surface area contributed by atoms with Gasteiger partial charge in [0.1, 0.15) is 5.76 Å². The number of carbonyl (C=O) groups is 1. The van der Waals surface area contributed by atoms with E-state index in [-0.39, 0.29) is 37.5 Å². The highest BCUT2D eigenvalue weighted by Crippen LogP contribution is 2.42. The third-order valence-electron chi connectivity index (χ3n) is 7.18. The zero-order valence-corrected chi connectivity index (χ0v) is 22.8. The lowest BCUT2D eigenvalue weighted by molar-refractivity contribution is -0.256. The minimum atomic E-state index is -5.17. The van der Waals surface area contributed by atoms with E-state index in [4.69, 9.17) is 10.2 Å². The van der Waals surface area contributed by atoms with Crippen LogP contribution in [0.15, 0.2) is 47.3 Å². The quantitative estimate of drug-likeness (QED) is 0.202. The van der Waals surface area contributed by atoms with Crippen LogP contribution in [0, 0.1) is 0 Å². The number of nitrogen functional groups attached to an aromatic ring is 1. The summed E-state index contributed by atoms with van der Waals surface area (Å²) in [7, 11) is 3.88. The van der Waals surface area contributed by atoms with Crippen LogP contribution in [0.4, 0.5) is 24.1 Å². The fourth-order valence-electron chi connectivity index (χ4n) is 5.06. The number of ether oxygens (including phenoxy) is 1. The molecular formula is C27H25F3N6O4S. The molecule has 14 heteroatoms. The number of hydrogen-bond acceptors (Lipinski definition) is 10. The Bertz CT molecular complexity index is 1770. The number of fused-ring (bicyclic) bond motifs is 2. The lowest BCUT2D eigenvalue weighted by atomic mass is 9.90. The van der Waals surface area contributed by atoms with Gasteiger partial charge in [0.05, 0.1) is 22.5 Å². The van der Waals surface area contributed by atoms with E-state index in [1.54, 1.807) is 28.4 Å². The average molecular weight is 587 g/mol. The monoisotopic (exact) mass is 586 g/mol. The number of furan rings is 1. The van der Waals surface area contributed by atoms with Gasteiger partial charge in [0.2, 0.25) is 5.79 Å². The first-order chi connectivity index (χ1) is 19.4. The number of benzene rings is 1. The zero-order chi connectivity index (χ0) is 29.1. The summed E-state index contributed by atoms with van der Waals surface area (Å²) >= 11 is 1.56. The molecule has 4 aromatic heterocycles. The summed E-state index contributed by atoms with van der Waals surface area (Å²) in [5.74, 6) is -3.70. The Morgan fingerprint density at radius 2 is 2.00 bits per heavy atom. The minimum Gasteiger partial charge on any atom is -0.452 e. The summed E-state index contributed by atoms with van der Waals surface area (Å²) in [6.07, 6.45) is 0.186. The molecule has 6 rings (SSSR count). The van der Waals surface area contributed by atoms with Gasteiger partial charge >= 0.3 is 12.1 Å². The van der Waals surface area contributed by atoms with Gasteiger partial charge in [-0.1, -0.05) is 17.4 Å². The van der Waals surface area contributed by atoms with E-state index in [1.807, 2.05) is 49.5 Å². The number of halogens is 3. The molecule has 0 spiro atoms. The van der Waals surface area contributed by atoms with Gasteiger partial charge in [-0.2, -0.15) is 18.3 Å². The van der Waals surface area contributed by atoms with Crippen LogP contribution in [0.2, 0.25) is 0 Å². The van der Waals surface area contributed by atoms with Crippen LogP contribution < -0.4 is 10.6 Å². The molecule has 3 N–H and O–H groups in total. The van der Waals surface area contributed by atoms with Crippen molar-refractivity contribution in [1.82, 2.24) is 19.7 Å². The van der Waals surface area contributed by atoms with Gasteiger partial charge < -0.3 is 24.9 Å². The maximum atomic E-state index is 12.6. The molecule has 0 bridgehead atoms. The second-order valence-corrected chi connectivity index (χ2v) is 11.2. The van der Waals surface area contributed by atoms with Crippen molar-refractivity contribution in [2.24, 2.45) is 0 Å². The second kappa shape index (κ2) is 9.73. The molecule has 0 atom stereocenters. The molecule has 1 aliphatic carbocycles. The molecule has 0 unspecified atom stereocenters. The Hall–Kier alpha value is -4.17. The topological polar surface area (TPSA) is 133 Å². The summed E-state index contributed by atoms with van der Waals surface area (Å²) < 4.78 is 51.0.